The van der Waals surface area contributed by atoms with Gasteiger partial charge in [0.25, 0.3) is 5.91 Å². The van der Waals surface area contributed by atoms with Crippen molar-refractivity contribution in [3.63, 3.8) is 0 Å². The third kappa shape index (κ3) is 5.45. The summed E-state index contributed by atoms with van der Waals surface area (Å²) in [4.78, 5) is 29.9. The molecule has 0 aliphatic carbocycles. The van der Waals surface area contributed by atoms with Crippen LogP contribution in [-0.2, 0) is 32.5 Å². The molecule has 0 spiro atoms. The molecular weight excluding hydrogens is 474 g/mol. The molecule has 0 fully saturated rings. The lowest BCUT2D eigenvalue weighted by Gasteiger charge is -2.18. The molecule has 10 heteroatoms. The molecule has 1 amide bonds. The number of ether oxygens (including phenoxy) is 1. The second kappa shape index (κ2) is 11.1. The molecule has 0 unspecified atom stereocenters. The van der Waals surface area contributed by atoms with Crippen LogP contribution in [0.5, 0.6) is 0 Å². The minimum atomic E-state index is -3.61. The zero-order valence-corrected chi connectivity index (χ0v) is 21.4. The molecule has 3 aromatic rings. The molecule has 0 N–H and O–H groups in total. The van der Waals surface area contributed by atoms with E-state index >= 15 is 0 Å². The maximum atomic E-state index is 12.9. The summed E-state index contributed by atoms with van der Waals surface area (Å²) in [6.45, 7) is 8.26. The molecule has 0 radical (unpaired) electrons. The summed E-state index contributed by atoms with van der Waals surface area (Å²) in [6, 6.07) is 11.7. The van der Waals surface area contributed by atoms with Crippen molar-refractivity contribution in [3.8, 4) is 0 Å². The van der Waals surface area contributed by atoms with E-state index in [1.165, 1.54) is 39.9 Å². The molecule has 182 valence electrons. The van der Waals surface area contributed by atoms with Crippen LogP contribution in [0.1, 0.15) is 43.6 Å². The van der Waals surface area contributed by atoms with Gasteiger partial charge in [0.1, 0.15) is 6.54 Å². The predicted molar refractivity (Wildman–Crippen MR) is 132 cm³/mol. The van der Waals surface area contributed by atoms with Crippen molar-refractivity contribution in [2.24, 2.45) is 4.99 Å². The van der Waals surface area contributed by atoms with Crippen LogP contribution < -0.4 is 4.80 Å². The van der Waals surface area contributed by atoms with Gasteiger partial charge in [-0.3, -0.25) is 9.59 Å². The van der Waals surface area contributed by atoms with Crippen LogP contribution in [0.15, 0.2) is 52.4 Å². The average molecular weight is 504 g/mol. The quantitative estimate of drug-likeness (QED) is 0.416. The number of aryl methyl sites for hydroxylation is 1. The highest BCUT2D eigenvalue weighted by Crippen LogP contribution is 2.21. The summed E-state index contributed by atoms with van der Waals surface area (Å²) < 4.78 is 34.4. The number of nitrogens with zero attached hydrogens (tertiary/aromatic N) is 3. The van der Waals surface area contributed by atoms with Gasteiger partial charge in [0, 0.05) is 18.7 Å². The predicted octanol–water partition coefficient (Wildman–Crippen LogP) is 3.60. The maximum Gasteiger partial charge on any atom is 0.326 e. The minimum absolute atomic E-state index is 0.0630. The molecule has 1 aromatic heterocycles. The van der Waals surface area contributed by atoms with Gasteiger partial charge >= 0.3 is 5.97 Å². The lowest BCUT2D eigenvalue weighted by Crippen LogP contribution is -2.30. The van der Waals surface area contributed by atoms with Gasteiger partial charge in [-0.1, -0.05) is 38.2 Å². The minimum Gasteiger partial charge on any atom is -0.465 e. The van der Waals surface area contributed by atoms with Crippen LogP contribution in [0.2, 0.25) is 0 Å². The Morgan fingerprint density at radius 3 is 2.29 bits per heavy atom. The molecule has 0 atom stereocenters. The Kier molecular flexibility index (Phi) is 8.40. The third-order valence-corrected chi connectivity index (χ3v) is 8.49. The number of amides is 1. The fourth-order valence-corrected chi connectivity index (χ4v) is 6.09. The van der Waals surface area contributed by atoms with Crippen molar-refractivity contribution in [1.82, 2.24) is 8.87 Å². The van der Waals surface area contributed by atoms with Crippen molar-refractivity contribution in [2.75, 3.05) is 19.7 Å². The summed E-state index contributed by atoms with van der Waals surface area (Å²) in [5.41, 5.74) is 2.19. The smallest absolute Gasteiger partial charge is 0.326 e. The normalized spacial score (nSPS) is 12.4. The molecule has 2 aromatic carbocycles. The van der Waals surface area contributed by atoms with Gasteiger partial charge in [0.2, 0.25) is 10.0 Å². The second-order valence-corrected chi connectivity index (χ2v) is 10.4. The number of sulfonamides is 1. The first-order chi connectivity index (χ1) is 16.2. The van der Waals surface area contributed by atoms with Crippen molar-refractivity contribution in [3.05, 3.63) is 58.4 Å². The topological polar surface area (TPSA) is 98.0 Å². The number of thiazole rings is 1. The molecule has 34 heavy (non-hydrogen) atoms. The van der Waals surface area contributed by atoms with Crippen molar-refractivity contribution in [1.29, 1.82) is 0 Å². The monoisotopic (exact) mass is 503 g/mol. The van der Waals surface area contributed by atoms with E-state index in [2.05, 4.69) is 11.9 Å². The Balaban J connectivity index is 2.01. The molecule has 0 aliphatic rings. The lowest BCUT2D eigenvalue weighted by atomic mass is 10.2. The molecule has 3 rings (SSSR count). The van der Waals surface area contributed by atoms with Gasteiger partial charge in [-0.15, -0.1) is 0 Å². The average Bonchev–Trinajstić information content (AvgIpc) is 3.15. The van der Waals surface area contributed by atoms with Crippen LogP contribution >= 0.6 is 11.3 Å². The van der Waals surface area contributed by atoms with Crippen molar-refractivity contribution < 1.29 is 22.7 Å². The van der Waals surface area contributed by atoms with E-state index in [0.717, 1.165) is 22.2 Å². The Bertz CT molecular complexity index is 1350. The number of aromatic nitrogens is 1. The summed E-state index contributed by atoms with van der Waals surface area (Å²) in [5, 5.41) is 0. The van der Waals surface area contributed by atoms with E-state index in [-0.39, 0.29) is 23.6 Å². The zero-order valence-electron chi connectivity index (χ0n) is 19.8. The van der Waals surface area contributed by atoms with E-state index < -0.39 is 21.9 Å². The first kappa shape index (κ1) is 25.8. The standard InChI is InChI=1S/C24H29N3O5S2/c1-5-17-9-14-20-21(15-17)33-24(27(20)16-22(28)32-8-4)25-23(29)18-10-12-19(13-11-18)34(30,31)26(6-2)7-3/h9-15H,5-8,16H2,1-4H3. The summed E-state index contributed by atoms with van der Waals surface area (Å²) >= 11 is 1.32. The summed E-state index contributed by atoms with van der Waals surface area (Å²) in [5.74, 6) is -0.937. The first-order valence-electron chi connectivity index (χ1n) is 11.2. The molecule has 0 bridgehead atoms. The number of esters is 1. The van der Waals surface area contributed by atoms with Gasteiger partial charge in [-0.2, -0.15) is 9.30 Å². The summed E-state index contributed by atoms with van der Waals surface area (Å²) in [7, 11) is -3.61. The zero-order chi connectivity index (χ0) is 24.9. The van der Waals surface area contributed by atoms with Crippen LogP contribution in [-0.4, -0.2) is 48.9 Å². The molecule has 0 aliphatic heterocycles. The highest BCUT2D eigenvalue weighted by atomic mass is 32.2. The number of carbonyl (C=O) groups is 2. The van der Waals surface area contributed by atoms with Crippen LogP contribution in [0, 0.1) is 0 Å². The van der Waals surface area contributed by atoms with Gasteiger partial charge in [-0.25, -0.2) is 8.42 Å². The number of benzene rings is 2. The van der Waals surface area contributed by atoms with Crippen LogP contribution in [0.4, 0.5) is 0 Å². The Labute approximate surface area is 203 Å². The maximum absolute atomic E-state index is 12.9. The van der Waals surface area contributed by atoms with Gasteiger partial charge < -0.3 is 9.30 Å². The Morgan fingerprint density at radius 2 is 1.71 bits per heavy atom. The lowest BCUT2D eigenvalue weighted by molar-refractivity contribution is -0.143. The van der Waals surface area contributed by atoms with Crippen molar-refractivity contribution in [2.45, 2.75) is 45.6 Å². The van der Waals surface area contributed by atoms with E-state index in [1.54, 1.807) is 25.3 Å². The third-order valence-electron chi connectivity index (χ3n) is 5.39. The van der Waals surface area contributed by atoms with Crippen LogP contribution in [0.3, 0.4) is 0 Å². The fraction of sp³-hybridized carbons (Fsp3) is 0.375. The molecular formula is C24H29N3O5S2. The number of carbonyl (C=O) groups excluding carboxylic acids is 2. The van der Waals surface area contributed by atoms with Gasteiger partial charge in [0.15, 0.2) is 4.80 Å². The number of rotatable bonds is 9. The molecule has 1 heterocycles. The number of hydrogen-bond donors (Lipinski definition) is 0. The highest BCUT2D eigenvalue weighted by molar-refractivity contribution is 7.89. The van der Waals surface area contributed by atoms with Crippen molar-refractivity contribution >= 4 is 43.5 Å². The van der Waals surface area contributed by atoms with E-state index in [4.69, 9.17) is 4.74 Å². The van der Waals surface area contributed by atoms with Gasteiger partial charge in [0.05, 0.1) is 21.7 Å². The van der Waals surface area contributed by atoms with Crippen LogP contribution in [0.25, 0.3) is 10.2 Å². The number of hydrogen-bond acceptors (Lipinski definition) is 6. The number of fused-ring (bicyclic) bond motifs is 1. The molecule has 0 saturated carbocycles. The highest BCUT2D eigenvalue weighted by Gasteiger charge is 2.22. The van der Waals surface area contributed by atoms with Gasteiger partial charge in [-0.05, 0) is 55.3 Å². The first-order valence-corrected chi connectivity index (χ1v) is 13.5. The second-order valence-electron chi connectivity index (χ2n) is 7.46. The largest absolute Gasteiger partial charge is 0.465 e. The van der Waals surface area contributed by atoms with E-state index in [1.807, 2.05) is 18.2 Å². The molecule has 8 nitrogen and oxygen atoms in total. The Hall–Kier alpha value is -2.82. The fourth-order valence-electron chi connectivity index (χ4n) is 3.54. The Morgan fingerprint density at radius 1 is 1.03 bits per heavy atom. The van der Waals surface area contributed by atoms with E-state index in [9.17, 15) is 18.0 Å². The summed E-state index contributed by atoms with van der Waals surface area (Å²) in [6.07, 6.45) is 0.861. The molecule has 0 saturated heterocycles. The SMILES string of the molecule is CCOC(=O)Cn1c(=NC(=O)c2ccc(S(=O)(=O)N(CC)CC)cc2)sc2cc(CC)ccc21. The van der Waals surface area contributed by atoms with E-state index in [0.29, 0.717) is 17.9 Å².